The lowest BCUT2D eigenvalue weighted by Crippen LogP contribution is -2.68. The summed E-state index contributed by atoms with van der Waals surface area (Å²) in [6.45, 7) is 2.96. The first-order chi connectivity index (χ1) is 9.13. The van der Waals surface area contributed by atoms with Crippen LogP contribution in [0.5, 0.6) is 0 Å². The lowest BCUT2D eigenvalue weighted by Gasteiger charge is -2.16. The van der Waals surface area contributed by atoms with E-state index in [-0.39, 0.29) is 18.0 Å². The molecule has 7 N–H and O–H groups in total. The molecule has 0 saturated heterocycles. The Morgan fingerprint density at radius 2 is 1.95 bits per heavy atom. The number of carbonyl (C=O) groups is 1. The Morgan fingerprint density at radius 1 is 1.26 bits per heavy atom. The number of rotatable bonds is 8. The Bertz CT molecular complexity index is 367. The van der Waals surface area contributed by atoms with Crippen molar-refractivity contribution >= 4 is 5.91 Å². The maximum absolute atomic E-state index is 11.9. The summed E-state index contributed by atoms with van der Waals surface area (Å²) in [7, 11) is 0. The predicted molar refractivity (Wildman–Crippen MR) is 76.0 cm³/mol. The molecule has 4 heteroatoms. The van der Waals surface area contributed by atoms with Crippen LogP contribution in [-0.2, 0) is 11.2 Å². The second-order valence-electron chi connectivity index (χ2n) is 5.15. The highest BCUT2D eigenvalue weighted by Crippen LogP contribution is 2.03. The lowest BCUT2D eigenvalue weighted by molar-refractivity contribution is -0.406. The third-order valence-electron chi connectivity index (χ3n) is 3.20. The van der Waals surface area contributed by atoms with Crippen LogP contribution >= 0.6 is 0 Å². The molecule has 1 aromatic rings. The second kappa shape index (κ2) is 8.67. The van der Waals surface area contributed by atoms with E-state index in [0.717, 1.165) is 32.2 Å². The van der Waals surface area contributed by atoms with Crippen LogP contribution in [0.25, 0.3) is 0 Å². The number of nitrogens with one attached hydrogen (secondary N) is 1. The average Bonchev–Trinajstić information content (AvgIpc) is 2.39. The zero-order chi connectivity index (χ0) is 14.1. The monoisotopic (exact) mass is 265 g/mol. The molecule has 106 valence electrons. The fraction of sp³-hybridized carbons (Fsp3) is 0.533. The van der Waals surface area contributed by atoms with Gasteiger partial charge in [0.25, 0.3) is 5.91 Å². The molecule has 0 bridgehead atoms. The van der Waals surface area contributed by atoms with Gasteiger partial charge in [0.1, 0.15) is 0 Å². The van der Waals surface area contributed by atoms with Gasteiger partial charge >= 0.3 is 0 Å². The van der Waals surface area contributed by atoms with Gasteiger partial charge in [0, 0.05) is 12.5 Å². The topological polar surface area (TPSA) is 84.4 Å². The number of benzene rings is 1. The summed E-state index contributed by atoms with van der Waals surface area (Å²) in [6, 6.07) is 10.2. The third kappa shape index (κ3) is 6.36. The van der Waals surface area contributed by atoms with Gasteiger partial charge in [-0.15, -0.1) is 0 Å². The van der Waals surface area contributed by atoms with Crippen LogP contribution in [0, 0.1) is 0 Å². The normalized spacial score (nSPS) is 13.8. The molecule has 1 aromatic carbocycles. The van der Waals surface area contributed by atoms with Crippen molar-refractivity contribution in [2.45, 2.75) is 44.7 Å². The van der Waals surface area contributed by atoms with Crippen LogP contribution in [0.2, 0.25) is 0 Å². The van der Waals surface area contributed by atoms with Gasteiger partial charge in [0.2, 0.25) is 0 Å². The summed E-state index contributed by atoms with van der Waals surface area (Å²) in [5.74, 6) is 0.0625. The summed E-state index contributed by atoms with van der Waals surface area (Å²) in [5, 5.41) is 3.04. The molecule has 0 aliphatic carbocycles. The van der Waals surface area contributed by atoms with E-state index < -0.39 is 0 Å². The maximum atomic E-state index is 11.9. The predicted octanol–water partition coefficient (Wildman–Crippen LogP) is -0.243. The van der Waals surface area contributed by atoms with Crippen molar-refractivity contribution in [1.29, 1.82) is 0 Å². The van der Waals surface area contributed by atoms with Crippen LogP contribution in [0.1, 0.15) is 31.7 Å². The van der Waals surface area contributed by atoms with Crippen LogP contribution in [0.4, 0.5) is 0 Å². The highest BCUT2D eigenvalue weighted by Gasteiger charge is 2.18. The van der Waals surface area contributed by atoms with E-state index in [1.54, 1.807) is 0 Å². The number of carbonyl (C=O) groups excluding carboxylic acids is 1. The molecule has 0 saturated carbocycles. The van der Waals surface area contributed by atoms with E-state index in [1.807, 2.05) is 25.1 Å². The van der Waals surface area contributed by atoms with E-state index in [2.05, 4.69) is 28.9 Å². The fourth-order valence-electron chi connectivity index (χ4n) is 2.08. The van der Waals surface area contributed by atoms with Crippen LogP contribution in [0.15, 0.2) is 30.3 Å². The number of amides is 1. The van der Waals surface area contributed by atoms with Crippen molar-refractivity contribution < 1.29 is 16.3 Å². The first-order valence-corrected chi connectivity index (χ1v) is 7.10. The maximum Gasteiger partial charge on any atom is 0.278 e. The summed E-state index contributed by atoms with van der Waals surface area (Å²) < 4.78 is 0. The molecule has 0 fully saturated rings. The molecule has 2 atom stereocenters. The van der Waals surface area contributed by atoms with Crippen molar-refractivity contribution in [2.75, 3.05) is 6.54 Å². The first kappa shape index (κ1) is 15.7. The average molecular weight is 265 g/mol. The van der Waals surface area contributed by atoms with E-state index >= 15 is 0 Å². The molecule has 0 radical (unpaired) electrons. The zero-order valence-electron chi connectivity index (χ0n) is 11.9. The van der Waals surface area contributed by atoms with E-state index in [4.69, 9.17) is 0 Å². The van der Waals surface area contributed by atoms with Gasteiger partial charge < -0.3 is 16.8 Å². The number of unbranched alkanes of at least 4 members (excludes halogenated alkanes) is 1. The largest absolute Gasteiger partial charge is 0.358 e. The van der Waals surface area contributed by atoms with Crippen molar-refractivity contribution in [2.24, 2.45) is 0 Å². The molecular formula is C15H27N3O+2. The summed E-state index contributed by atoms with van der Waals surface area (Å²) in [5.41, 5.74) is 8.98. The number of hydrogen-bond acceptors (Lipinski definition) is 1. The second-order valence-corrected chi connectivity index (χ2v) is 5.15. The van der Waals surface area contributed by atoms with Gasteiger partial charge in [-0.05, 0) is 31.7 Å². The standard InChI is InChI=1S/C15H25N3O/c1-12(11-13-7-3-2-4-8-13)18-15(19)14(17)9-5-6-10-16/h2-4,7-8,12,14H,5-6,9-11,16-17H2,1H3,(H,18,19)/p+2/t12-,14-/m0/s1. The van der Waals surface area contributed by atoms with Crippen LogP contribution in [0.3, 0.4) is 0 Å². The van der Waals surface area contributed by atoms with Crippen molar-refractivity contribution in [3.8, 4) is 0 Å². The van der Waals surface area contributed by atoms with Gasteiger partial charge in [0.15, 0.2) is 6.04 Å². The Labute approximate surface area is 115 Å². The quantitative estimate of drug-likeness (QED) is 0.557. The highest BCUT2D eigenvalue weighted by molar-refractivity contribution is 5.80. The van der Waals surface area contributed by atoms with Crippen molar-refractivity contribution in [3.63, 3.8) is 0 Å². The fourth-order valence-corrected chi connectivity index (χ4v) is 2.08. The van der Waals surface area contributed by atoms with Gasteiger partial charge in [0.05, 0.1) is 6.54 Å². The molecular weight excluding hydrogens is 238 g/mol. The third-order valence-corrected chi connectivity index (χ3v) is 3.20. The molecule has 19 heavy (non-hydrogen) atoms. The minimum absolute atomic E-state index is 0.0625. The Hall–Kier alpha value is -1.39. The minimum Gasteiger partial charge on any atom is -0.358 e. The summed E-state index contributed by atoms with van der Waals surface area (Å²) in [6.07, 6.45) is 3.80. The van der Waals surface area contributed by atoms with E-state index in [9.17, 15) is 4.79 Å². The van der Waals surface area contributed by atoms with Gasteiger partial charge in [-0.1, -0.05) is 30.3 Å². The first-order valence-electron chi connectivity index (χ1n) is 7.10. The van der Waals surface area contributed by atoms with Crippen molar-refractivity contribution in [3.05, 3.63) is 35.9 Å². The summed E-state index contributed by atoms with van der Waals surface area (Å²) >= 11 is 0. The number of quaternary nitrogens is 2. The molecule has 0 unspecified atom stereocenters. The SMILES string of the molecule is C[C@@H](Cc1ccccc1)NC(=O)[C@@H]([NH3+])CCCC[NH3+]. The van der Waals surface area contributed by atoms with E-state index in [0.29, 0.717) is 0 Å². The zero-order valence-corrected chi connectivity index (χ0v) is 11.9. The Morgan fingerprint density at radius 3 is 2.58 bits per heavy atom. The van der Waals surface area contributed by atoms with Crippen molar-refractivity contribution in [1.82, 2.24) is 5.32 Å². The minimum atomic E-state index is -0.148. The molecule has 0 spiro atoms. The Kier molecular flexibility index (Phi) is 7.15. The summed E-state index contributed by atoms with van der Waals surface area (Å²) in [4.78, 5) is 11.9. The van der Waals surface area contributed by atoms with Gasteiger partial charge in [-0.25, -0.2) is 0 Å². The molecule has 0 heterocycles. The smallest absolute Gasteiger partial charge is 0.278 e. The molecule has 1 rings (SSSR count). The number of hydrogen-bond donors (Lipinski definition) is 3. The molecule has 0 aliphatic heterocycles. The Balaban J connectivity index is 2.31. The lowest BCUT2D eigenvalue weighted by atomic mass is 10.1. The van der Waals surface area contributed by atoms with Crippen LogP contribution < -0.4 is 16.8 Å². The van der Waals surface area contributed by atoms with Crippen LogP contribution in [-0.4, -0.2) is 24.5 Å². The molecule has 4 nitrogen and oxygen atoms in total. The molecule has 1 amide bonds. The highest BCUT2D eigenvalue weighted by atomic mass is 16.2. The molecule has 0 aromatic heterocycles. The van der Waals surface area contributed by atoms with E-state index in [1.165, 1.54) is 5.56 Å². The molecule has 0 aliphatic rings. The van der Waals surface area contributed by atoms with Gasteiger partial charge in [-0.3, -0.25) is 4.79 Å². The van der Waals surface area contributed by atoms with Gasteiger partial charge in [-0.2, -0.15) is 0 Å².